The summed E-state index contributed by atoms with van der Waals surface area (Å²) in [6.45, 7) is 1.68. The number of phenolic OH excluding ortho intramolecular Hbond substituents is 1. The lowest BCUT2D eigenvalue weighted by Crippen LogP contribution is -2.30. The third-order valence-corrected chi connectivity index (χ3v) is 4.05. The maximum Gasteiger partial charge on any atom is 0.196 e. The van der Waals surface area contributed by atoms with Crippen molar-refractivity contribution in [2.45, 2.75) is 25.8 Å². The predicted molar refractivity (Wildman–Crippen MR) is 91.0 cm³/mol. The molecule has 0 radical (unpaired) electrons. The Hall–Kier alpha value is -2.54. The third-order valence-electron chi connectivity index (χ3n) is 3.83. The standard InChI is InChI=1S/C16H14N2O4S/c1-7-6-10(19)11-13(20)9-4-5-21-14(9)12(15(11)22-7)18-16(23)17-8-2-3-8/h4-6,8,20H,2-3H2,1H3,(H2,17,18,23). The number of hydrogen-bond donors (Lipinski definition) is 3. The number of benzene rings is 1. The first-order chi connectivity index (χ1) is 11.0. The van der Waals surface area contributed by atoms with Crippen molar-refractivity contribution in [1.29, 1.82) is 0 Å². The molecule has 2 aromatic heterocycles. The molecule has 0 bridgehead atoms. The fourth-order valence-corrected chi connectivity index (χ4v) is 2.88. The highest BCUT2D eigenvalue weighted by Gasteiger charge is 2.24. The van der Waals surface area contributed by atoms with Crippen molar-refractivity contribution < 1.29 is 13.9 Å². The molecule has 7 heteroatoms. The van der Waals surface area contributed by atoms with Crippen LogP contribution in [0.5, 0.6) is 5.75 Å². The van der Waals surface area contributed by atoms with Crippen molar-refractivity contribution in [2.75, 3.05) is 5.32 Å². The lowest BCUT2D eigenvalue weighted by atomic mass is 10.1. The lowest BCUT2D eigenvalue weighted by molar-refractivity contribution is 0.484. The van der Waals surface area contributed by atoms with E-state index in [-0.39, 0.29) is 22.1 Å². The van der Waals surface area contributed by atoms with Crippen molar-refractivity contribution >= 4 is 45.0 Å². The van der Waals surface area contributed by atoms with E-state index in [1.54, 1.807) is 13.0 Å². The van der Waals surface area contributed by atoms with Crippen LogP contribution < -0.4 is 16.1 Å². The van der Waals surface area contributed by atoms with Crippen LogP contribution >= 0.6 is 12.2 Å². The zero-order chi connectivity index (χ0) is 16.1. The Bertz CT molecular complexity index is 1000. The molecule has 0 spiro atoms. The van der Waals surface area contributed by atoms with E-state index >= 15 is 0 Å². The average molecular weight is 330 g/mol. The summed E-state index contributed by atoms with van der Waals surface area (Å²) in [5.74, 6) is 0.293. The molecule has 0 unspecified atom stereocenters. The summed E-state index contributed by atoms with van der Waals surface area (Å²) in [4.78, 5) is 12.3. The summed E-state index contributed by atoms with van der Waals surface area (Å²) >= 11 is 5.30. The average Bonchev–Trinajstić information content (AvgIpc) is 3.14. The van der Waals surface area contributed by atoms with Crippen LogP contribution in [0.4, 0.5) is 5.69 Å². The molecule has 1 aliphatic rings. The number of rotatable bonds is 2. The zero-order valence-electron chi connectivity index (χ0n) is 12.3. The molecule has 4 rings (SSSR count). The third kappa shape index (κ3) is 2.33. The van der Waals surface area contributed by atoms with Gasteiger partial charge in [-0.1, -0.05) is 0 Å². The van der Waals surface area contributed by atoms with Gasteiger partial charge in [0.05, 0.1) is 11.6 Å². The number of hydrogen-bond acceptors (Lipinski definition) is 5. The van der Waals surface area contributed by atoms with E-state index in [0.717, 1.165) is 12.8 Å². The van der Waals surface area contributed by atoms with Crippen LogP contribution in [0.25, 0.3) is 21.9 Å². The summed E-state index contributed by atoms with van der Waals surface area (Å²) in [6, 6.07) is 3.34. The Kier molecular flexibility index (Phi) is 3.05. The van der Waals surface area contributed by atoms with Crippen LogP contribution in [0, 0.1) is 6.92 Å². The molecule has 6 nitrogen and oxygen atoms in total. The maximum absolute atomic E-state index is 12.3. The monoisotopic (exact) mass is 330 g/mol. The minimum atomic E-state index is -0.312. The SMILES string of the molecule is Cc1cc(=O)c2c(O)c3ccoc3c(NC(=S)NC3CC3)c2o1. The van der Waals surface area contributed by atoms with Crippen molar-refractivity contribution in [1.82, 2.24) is 5.32 Å². The largest absolute Gasteiger partial charge is 0.506 e. The second-order valence-electron chi connectivity index (χ2n) is 5.69. The highest BCUT2D eigenvalue weighted by atomic mass is 32.1. The van der Waals surface area contributed by atoms with Crippen molar-refractivity contribution in [3.63, 3.8) is 0 Å². The molecule has 0 saturated heterocycles. The van der Waals surface area contributed by atoms with Crippen LogP contribution in [-0.2, 0) is 0 Å². The van der Waals surface area contributed by atoms with Gasteiger partial charge in [-0.25, -0.2) is 0 Å². The molecule has 3 aromatic rings. The molecule has 1 aliphatic carbocycles. The van der Waals surface area contributed by atoms with E-state index in [2.05, 4.69) is 10.6 Å². The number of nitrogens with one attached hydrogen (secondary N) is 2. The van der Waals surface area contributed by atoms with E-state index in [9.17, 15) is 9.90 Å². The van der Waals surface area contributed by atoms with Gasteiger partial charge in [0.1, 0.15) is 22.6 Å². The normalized spacial score (nSPS) is 14.3. The number of furan rings is 1. The summed E-state index contributed by atoms with van der Waals surface area (Å²) in [5.41, 5.74) is 0.754. The van der Waals surface area contributed by atoms with E-state index in [1.807, 2.05) is 0 Å². The van der Waals surface area contributed by atoms with Gasteiger partial charge in [0, 0.05) is 12.1 Å². The second-order valence-corrected chi connectivity index (χ2v) is 6.09. The first kappa shape index (κ1) is 14.1. The van der Waals surface area contributed by atoms with E-state index in [4.69, 9.17) is 21.1 Å². The number of aromatic hydroxyl groups is 1. The van der Waals surface area contributed by atoms with Gasteiger partial charge in [0.2, 0.25) is 0 Å². The van der Waals surface area contributed by atoms with Crippen molar-refractivity contribution in [2.24, 2.45) is 0 Å². The van der Waals surface area contributed by atoms with E-state index < -0.39 is 0 Å². The molecule has 1 saturated carbocycles. The molecular weight excluding hydrogens is 316 g/mol. The van der Waals surface area contributed by atoms with Crippen LogP contribution in [0.2, 0.25) is 0 Å². The topological polar surface area (TPSA) is 87.6 Å². The Balaban J connectivity index is 1.98. The maximum atomic E-state index is 12.3. The van der Waals surface area contributed by atoms with Gasteiger partial charge in [-0.2, -0.15) is 0 Å². The Morgan fingerprint density at radius 3 is 2.91 bits per heavy atom. The number of anilines is 1. The molecule has 2 heterocycles. The molecule has 0 aliphatic heterocycles. The minimum absolute atomic E-state index is 0.112. The Morgan fingerprint density at radius 1 is 1.39 bits per heavy atom. The van der Waals surface area contributed by atoms with Crippen LogP contribution in [-0.4, -0.2) is 16.3 Å². The number of fused-ring (bicyclic) bond motifs is 2. The summed E-state index contributed by atoms with van der Waals surface area (Å²) in [5, 5.41) is 17.6. The number of aryl methyl sites for hydroxylation is 1. The molecule has 1 fully saturated rings. The molecule has 23 heavy (non-hydrogen) atoms. The highest BCUT2D eigenvalue weighted by molar-refractivity contribution is 7.80. The van der Waals surface area contributed by atoms with Crippen molar-refractivity contribution in [3.8, 4) is 5.75 Å². The van der Waals surface area contributed by atoms with Crippen LogP contribution in [0.3, 0.4) is 0 Å². The summed E-state index contributed by atoms with van der Waals surface area (Å²) in [6.07, 6.45) is 3.62. The van der Waals surface area contributed by atoms with Crippen LogP contribution in [0.15, 0.2) is 32.0 Å². The molecule has 118 valence electrons. The first-order valence-corrected chi connectivity index (χ1v) is 7.69. The Morgan fingerprint density at radius 2 is 2.17 bits per heavy atom. The highest BCUT2D eigenvalue weighted by Crippen LogP contribution is 2.40. The Labute approximate surface area is 136 Å². The molecular formula is C16H14N2O4S. The molecule has 0 amide bonds. The van der Waals surface area contributed by atoms with Gasteiger partial charge in [0.25, 0.3) is 0 Å². The molecule has 1 aromatic carbocycles. The predicted octanol–water partition coefficient (Wildman–Crippen LogP) is 3.00. The fraction of sp³-hybridized carbons (Fsp3) is 0.250. The van der Waals surface area contributed by atoms with Gasteiger partial charge >= 0.3 is 0 Å². The van der Waals surface area contributed by atoms with Crippen molar-refractivity contribution in [3.05, 3.63) is 34.4 Å². The second kappa shape index (κ2) is 4.99. The minimum Gasteiger partial charge on any atom is -0.506 e. The molecule has 0 atom stereocenters. The van der Waals surface area contributed by atoms with E-state index in [0.29, 0.717) is 33.6 Å². The summed E-state index contributed by atoms with van der Waals surface area (Å²) < 4.78 is 11.2. The fourth-order valence-electron chi connectivity index (χ4n) is 2.61. The first-order valence-electron chi connectivity index (χ1n) is 7.28. The van der Waals surface area contributed by atoms with Gasteiger partial charge < -0.3 is 24.6 Å². The summed E-state index contributed by atoms with van der Waals surface area (Å²) in [7, 11) is 0. The lowest BCUT2D eigenvalue weighted by Gasteiger charge is -2.13. The van der Waals surface area contributed by atoms with Gasteiger partial charge in [0.15, 0.2) is 21.7 Å². The number of thiocarbonyl (C=S) groups is 1. The van der Waals surface area contributed by atoms with E-state index in [1.165, 1.54) is 12.3 Å². The number of phenols is 1. The zero-order valence-corrected chi connectivity index (χ0v) is 13.1. The molecule has 3 N–H and O–H groups in total. The quantitative estimate of drug-likeness (QED) is 0.492. The van der Waals surface area contributed by atoms with Crippen LogP contribution in [0.1, 0.15) is 18.6 Å². The van der Waals surface area contributed by atoms with Gasteiger partial charge in [-0.05, 0) is 38.0 Å². The van der Waals surface area contributed by atoms with Gasteiger partial charge in [-0.15, -0.1) is 0 Å². The van der Waals surface area contributed by atoms with Gasteiger partial charge in [-0.3, -0.25) is 4.79 Å². The smallest absolute Gasteiger partial charge is 0.196 e.